The van der Waals surface area contributed by atoms with E-state index < -0.39 is 0 Å². The summed E-state index contributed by atoms with van der Waals surface area (Å²) < 4.78 is 5.22. The molecule has 1 heterocycles. The zero-order valence-electron chi connectivity index (χ0n) is 8.41. The van der Waals surface area contributed by atoms with Crippen LogP contribution in [-0.2, 0) is 6.42 Å². The van der Waals surface area contributed by atoms with E-state index in [1.165, 1.54) is 0 Å². The van der Waals surface area contributed by atoms with E-state index >= 15 is 0 Å². The Balaban J connectivity index is 2.34. The lowest BCUT2D eigenvalue weighted by atomic mass is 9.93. The minimum atomic E-state index is 0.105. The van der Waals surface area contributed by atoms with Crippen molar-refractivity contribution in [2.24, 2.45) is 0 Å². The molecular formula is C11H13NO2. The predicted molar refractivity (Wildman–Crippen MR) is 53.1 cm³/mol. The number of allylic oxidation sites excluding steroid dienone is 1. The number of Topliss-reactive ketones (excluding diaryl/α,β-unsaturated/α-hetero) is 1. The molecule has 0 N–H and O–H groups in total. The van der Waals surface area contributed by atoms with E-state index in [0.717, 1.165) is 29.7 Å². The molecule has 2 rings (SSSR count). The van der Waals surface area contributed by atoms with Gasteiger partial charge in [0.25, 0.3) is 0 Å². The number of aryl methyl sites for hydroxylation is 1. The largest absolute Gasteiger partial charge is 0.469 e. The SMILES string of the molecule is CN(C)C=C1CCc2occc2C1=O. The van der Waals surface area contributed by atoms with E-state index in [2.05, 4.69) is 0 Å². The minimum Gasteiger partial charge on any atom is -0.469 e. The Kier molecular flexibility index (Phi) is 2.15. The summed E-state index contributed by atoms with van der Waals surface area (Å²) in [6, 6.07) is 1.75. The summed E-state index contributed by atoms with van der Waals surface area (Å²) in [5, 5.41) is 0. The lowest BCUT2D eigenvalue weighted by Crippen LogP contribution is -2.15. The average molecular weight is 191 g/mol. The lowest BCUT2D eigenvalue weighted by Gasteiger charge is -2.14. The summed E-state index contributed by atoms with van der Waals surface area (Å²) in [5.74, 6) is 0.930. The quantitative estimate of drug-likeness (QED) is 0.635. The molecule has 0 radical (unpaired) electrons. The first-order valence-electron chi connectivity index (χ1n) is 4.66. The van der Waals surface area contributed by atoms with Crippen LogP contribution in [0.2, 0.25) is 0 Å². The first-order chi connectivity index (χ1) is 6.68. The second-order valence-corrected chi connectivity index (χ2v) is 3.70. The normalized spacial score (nSPS) is 18.4. The maximum atomic E-state index is 11.9. The molecule has 3 heteroatoms. The molecule has 14 heavy (non-hydrogen) atoms. The number of fused-ring (bicyclic) bond motifs is 1. The topological polar surface area (TPSA) is 33.5 Å². The highest BCUT2D eigenvalue weighted by atomic mass is 16.3. The highest BCUT2D eigenvalue weighted by Gasteiger charge is 2.24. The van der Waals surface area contributed by atoms with Crippen LogP contribution in [-0.4, -0.2) is 24.8 Å². The molecule has 74 valence electrons. The van der Waals surface area contributed by atoms with Gasteiger partial charge in [-0.25, -0.2) is 0 Å². The van der Waals surface area contributed by atoms with Crippen LogP contribution in [0.1, 0.15) is 22.5 Å². The Morgan fingerprint density at radius 2 is 2.21 bits per heavy atom. The monoisotopic (exact) mass is 191 g/mol. The van der Waals surface area contributed by atoms with Crippen molar-refractivity contribution in [3.05, 3.63) is 35.4 Å². The maximum Gasteiger partial charge on any atom is 0.193 e. The van der Waals surface area contributed by atoms with Crippen molar-refractivity contribution in [3.63, 3.8) is 0 Å². The van der Waals surface area contributed by atoms with Crippen molar-refractivity contribution in [1.29, 1.82) is 0 Å². The fourth-order valence-electron chi connectivity index (χ4n) is 1.71. The second kappa shape index (κ2) is 3.33. The number of hydrogen-bond donors (Lipinski definition) is 0. The van der Waals surface area contributed by atoms with Crippen molar-refractivity contribution in [2.45, 2.75) is 12.8 Å². The molecule has 1 aliphatic carbocycles. The van der Waals surface area contributed by atoms with Gasteiger partial charge in [0, 0.05) is 32.3 Å². The van der Waals surface area contributed by atoms with Gasteiger partial charge in [0.2, 0.25) is 0 Å². The molecule has 0 saturated heterocycles. The zero-order chi connectivity index (χ0) is 10.1. The summed E-state index contributed by atoms with van der Waals surface area (Å²) >= 11 is 0. The maximum absolute atomic E-state index is 11.9. The molecule has 0 spiro atoms. The molecule has 0 aliphatic heterocycles. The number of carbonyl (C=O) groups excluding carboxylic acids is 1. The van der Waals surface area contributed by atoms with E-state index in [4.69, 9.17) is 4.42 Å². The Labute approximate surface area is 83.0 Å². The predicted octanol–water partition coefficient (Wildman–Crippen LogP) is 1.85. The Morgan fingerprint density at radius 3 is 2.93 bits per heavy atom. The Bertz CT molecular complexity index is 388. The van der Waals surface area contributed by atoms with Crippen LogP contribution >= 0.6 is 0 Å². The summed E-state index contributed by atoms with van der Waals surface area (Å²) in [6.07, 6.45) is 5.07. The Morgan fingerprint density at radius 1 is 1.43 bits per heavy atom. The minimum absolute atomic E-state index is 0.105. The number of rotatable bonds is 1. The van der Waals surface area contributed by atoms with E-state index in [9.17, 15) is 4.79 Å². The van der Waals surface area contributed by atoms with Crippen molar-refractivity contribution >= 4 is 5.78 Å². The summed E-state index contributed by atoms with van der Waals surface area (Å²) in [4.78, 5) is 13.8. The molecule has 0 atom stereocenters. The van der Waals surface area contributed by atoms with Crippen molar-refractivity contribution < 1.29 is 9.21 Å². The van der Waals surface area contributed by atoms with Crippen LogP contribution < -0.4 is 0 Å². The Hall–Kier alpha value is -1.51. The van der Waals surface area contributed by atoms with Gasteiger partial charge in [-0.1, -0.05) is 0 Å². The summed E-state index contributed by atoms with van der Waals surface area (Å²) in [5.41, 5.74) is 1.59. The molecule has 0 aromatic carbocycles. The van der Waals surface area contributed by atoms with Gasteiger partial charge in [-0.3, -0.25) is 4.79 Å². The first-order valence-corrected chi connectivity index (χ1v) is 4.66. The summed E-state index contributed by atoms with van der Waals surface area (Å²) in [7, 11) is 3.84. The molecular weight excluding hydrogens is 178 g/mol. The standard InChI is InChI=1S/C11H13NO2/c1-12(2)7-8-3-4-10-9(11(8)13)5-6-14-10/h5-7H,3-4H2,1-2H3. The third-order valence-electron chi connectivity index (χ3n) is 2.32. The number of nitrogens with zero attached hydrogens (tertiary/aromatic N) is 1. The van der Waals surface area contributed by atoms with Crippen LogP contribution in [0, 0.1) is 0 Å². The molecule has 0 unspecified atom stereocenters. The summed E-state index contributed by atoms with van der Waals surface area (Å²) in [6.45, 7) is 0. The number of carbonyl (C=O) groups is 1. The molecule has 0 fully saturated rings. The third-order valence-corrected chi connectivity index (χ3v) is 2.32. The smallest absolute Gasteiger partial charge is 0.193 e. The van der Waals surface area contributed by atoms with Gasteiger partial charge in [0.1, 0.15) is 5.76 Å². The van der Waals surface area contributed by atoms with E-state index in [0.29, 0.717) is 0 Å². The van der Waals surface area contributed by atoms with E-state index in [1.54, 1.807) is 12.3 Å². The van der Waals surface area contributed by atoms with Crippen LogP contribution in [0.25, 0.3) is 0 Å². The molecule has 0 saturated carbocycles. The molecule has 3 nitrogen and oxygen atoms in total. The number of ketones is 1. The lowest BCUT2D eigenvalue weighted by molar-refractivity contribution is 0.102. The van der Waals surface area contributed by atoms with Crippen molar-refractivity contribution in [3.8, 4) is 0 Å². The van der Waals surface area contributed by atoms with Gasteiger partial charge < -0.3 is 9.32 Å². The molecule has 0 bridgehead atoms. The van der Waals surface area contributed by atoms with E-state index in [1.807, 2.05) is 25.2 Å². The van der Waals surface area contributed by atoms with Gasteiger partial charge in [0.05, 0.1) is 11.8 Å². The highest BCUT2D eigenvalue weighted by Crippen LogP contribution is 2.25. The van der Waals surface area contributed by atoms with Gasteiger partial charge >= 0.3 is 0 Å². The van der Waals surface area contributed by atoms with Crippen molar-refractivity contribution in [1.82, 2.24) is 4.90 Å². The van der Waals surface area contributed by atoms with Crippen LogP contribution in [0.15, 0.2) is 28.5 Å². The molecule has 1 aromatic rings. The number of hydrogen-bond acceptors (Lipinski definition) is 3. The molecule has 1 aliphatic rings. The highest BCUT2D eigenvalue weighted by molar-refractivity contribution is 6.10. The first kappa shape index (κ1) is 9.06. The van der Waals surface area contributed by atoms with E-state index in [-0.39, 0.29) is 5.78 Å². The van der Waals surface area contributed by atoms with Crippen LogP contribution in [0.3, 0.4) is 0 Å². The van der Waals surface area contributed by atoms with Crippen LogP contribution in [0.4, 0.5) is 0 Å². The van der Waals surface area contributed by atoms with Crippen LogP contribution in [0.5, 0.6) is 0 Å². The van der Waals surface area contributed by atoms with Gasteiger partial charge in [-0.2, -0.15) is 0 Å². The fourth-order valence-corrected chi connectivity index (χ4v) is 1.71. The zero-order valence-corrected chi connectivity index (χ0v) is 8.41. The average Bonchev–Trinajstić information content (AvgIpc) is 2.57. The van der Waals surface area contributed by atoms with Gasteiger partial charge in [-0.05, 0) is 12.5 Å². The van der Waals surface area contributed by atoms with Crippen molar-refractivity contribution in [2.75, 3.05) is 14.1 Å². The fraction of sp³-hybridized carbons (Fsp3) is 0.364. The van der Waals surface area contributed by atoms with Gasteiger partial charge in [0.15, 0.2) is 5.78 Å². The number of furan rings is 1. The molecule has 0 amide bonds. The second-order valence-electron chi connectivity index (χ2n) is 3.70. The molecule has 1 aromatic heterocycles. The third kappa shape index (κ3) is 1.45. The van der Waals surface area contributed by atoms with Gasteiger partial charge in [-0.15, -0.1) is 0 Å².